The smallest absolute Gasteiger partial charge is 0.257 e. The molecule has 0 unspecified atom stereocenters. The van der Waals surface area contributed by atoms with Crippen LogP contribution in [0.25, 0.3) is 16.6 Å². The van der Waals surface area contributed by atoms with Crippen LogP contribution in [0, 0.1) is 12.7 Å². The van der Waals surface area contributed by atoms with Gasteiger partial charge in [-0.05, 0) is 33.0 Å². The van der Waals surface area contributed by atoms with Gasteiger partial charge in [0.05, 0.1) is 29.5 Å². The number of fused-ring (bicyclic) bond motifs is 2. The fourth-order valence-corrected chi connectivity index (χ4v) is 4.44. The van der Waals surface area contributed by atoms with Gasteiger partial charge in [0, 0.05) is 48.8 Å². The number of nitrogens with zero attached hydrogens (tertiary/aromatic N) is 5. The number of amides is 1. The highest BCUT2D eigenvalue weighted by atomic mass is 19.1. The van der Waals surface area contributed by atoms with Crippen molar-refractivity contribution in [1.82, 2.24) is 24.5 Å². The Morgan fingerprint density at radius 3 is 2.79 bits per heavy atom. The molecule has 2 atom stereocenters. The molecule has 4 heterocycles. The van der Waals surface area contributed by atoms with Crippen LogP contribution < -0.4 is 15.5 Å². The minimum absolute atomic E-state index is 0.204. The molecule has 1 aromatic carbocycles. The molecule has 1 amide bonds. The van der Waals surface area contributed by atoms with E-state index in [0.717, 1.165) is 11.1 Å². The summed E-state index contributed by atoms with van der Waals surface area (Å²) in [5, 5.41) is 11.1. The number of carbonyl (C=O) groups excluding carboxylic acids is 1. The maximum Gasteiger partial charge on any atom is 0.257 e. The number of carbonyl (C=O) groups is 1. The Hall–Kier alpha value is -3.53. The fourth-order valence-electron chi connectivity index (χ4n) is 4.44. The summed E-state index contributed by atoms with van der Waals surface area (Å²) in [5.41, 5.74) is 2.92. The van der Waals surface area contributed by atoms with Crippen LogP contribution in [-0.2, 0) is 6.54 Å². The molecular formula is C23H25F2N7O. The average Bonchev–Trinajstić information content (AvgIpc) is 3.48. The minimum atomic E-state index is -0.981. The van der Waals surface area contributed by atoms with Crippen LogP contribution >= 0.6 is 0 Å². The molecule has 33 heavy (non-hydrogen) atoms. The second-order valence-electron chi connectivity index (χ2n) is 8.34. The van der Waals surface area contributed by atoms with E-state index in [0.29, 0.717) is 35.6 Å². The number of nitrogens with one attached hydrogen (secondary N) is 2. The Bertz CT molecular complexity index is 1360. The summed E-state index contributed by atoms with van der Waals surface area (Å²) in [5.74, 6) is -0.924. The second kappa shape index (κ2) is 8.11. The molecule has 5 rings (SSSR count). The van der Waals surface area contributed by atoms with Crippen LogP contribution in [0.3, 0.4) is 0 Å². The third-order valence-corrected chi connectivity index (χ3v) is 6.11. The number of aryl methyl sites for hydroxylation is 2. The molecule has 0 spiro atoms. The molecule has 10 heteroatoms. The van der Waals surface area contributed by atoms with Crippen molar-refractivity contribution in [3.05, 3.63) is 53.9 Å². The normalized spacial score (nSPS) is 18.5. The highest BCUT2D eigenvalue weighted by Gasteiger charge is 2.33. The predicted octanol–water partition coefficient (Wildman–Crippen LogP) is 3.15. The molecule has 172 valence electrons. The summed E-state index contributed by atoms with van der Waals surface area (Å²) < 4.78 is 32.1. The van der Waals surface area contributed by atoms with Crippen molar-refractivity contribution in [1.29, 1.82) is 0 Å². The number of anilines is 2. The van der Waals surface area contributed by atoms with Gasteiger partial charge < -0.3 is 19.9 Å². The molecule has 0 saturated carbocycles. The number of rotatable bonds is 5. The molecule has 1 aliphatic heterocycles. The number of benzene rings is 1. The van der Waals surface area contributed by atoms with E-state index in [1.807, 2.05) is 24.1 Å². The van der Waals surface area contributed by atoms with E-state index >= 15 is 0 Å². The molecular weight excluding hydrogens is 428 g/mol. The lowest BCUT2D eigenvalue weighted by atomic mass is 10.1. The number of hydrogen-bond acceptors (Lipinski definition) is 5. The molecule has 2 N–H and O–H groups in total. The third-order valence-electron chi connectivity index (χ3n) is 6.11. The molecule has 0 aliphatic carbocycles. The fraction of sp³-hybridized carbons (Fsp3) is 0.348. The number of pyridine rings is 1. The van der Waals surface area contributed by atoms with E-state index < -0.39 is 17.9 Å². The molecule has 1 fully saturated rings. The molecule has 4 aromatic rings. The van der Waals surface area contributed by atoms with E-state index in [1.54, 1.807) is 41.5 Å². The van der Waals surface area contributed by atoms with Crippen molar-refractivity contribution in [3.8, 4) is 0 Å². The first kappa shape index (κ1) is 21.3. The average molecular weight is 453 g/mol. The van der Waals surface area contributed by atoms with Gasteiger partial charge in [-0.15, -0.1) is 0 Å². The van der Waals surface area contributed by atoms with Crippen molar-refractivity contribution in [2.45, 2.75) is 32.6 Å². The predicted molar refractivity (Wildman–Crippen MR) is 123 cm³/mol. The Labute approximate surface area is 189 Å². The van der Waals surface area contributed by atoms with Gasteiger partial charge in [0.2, 0.25) is 0 Å². The molecule has 1 saturated heterocycles. The maximum atomic E-state index is 14.4. The van der Waals surface area contributed by atoms with Gasteiger partial charge in [-0.3, -0.25) is 9.48 Å². The van der Waals surface area contributed by atoms with Gasteiger partial charge in [0.15, 0.2) is 11.5 Å². The van der Waals surface area contributed by atoms with Crippen molar-refractivity contribution >= 4 is 33.8 Å². The van der Waals surface area contributed by atoms with E-state index in [2.05, 4.69) is 20.7 Å². The second-order valence-corrected chi connectivity index (χ2v) is 8.34. The lowest BCUT2D eigenvalue weighted by molar-refractivity contribution is 0.102. The van der Waals surface area contributed by atoms with Crippen LogP contribution in [-0.4, -0.2) is 57.4 Å². The van der Waals surface area contributed by atoms with Gasteiger partial charge in [0.1, 0.15) is 11.7 Å². The minimum Gasteiger partial charge on any atom is -0.366 e. The zero-order valence-corrected chi connectivity index (χ0v) is 18.6. The van der Waals surface area contributed by atoms with Crippen LogP contribution in [0.1, 0.15) is 23.0 Å². The summed E-state index contributed by atoms with van der Waals surface area (Å²) in [4.78, 5) is 19.3. The summed E-state index contributed by atoms with van der Waals surface area (Å²) in [6.45, 7) is 5.16. The van der Waals surface area contributed by atoms with E-state index in [1.165, 1.54) is 6.07 Å². The van der Waals surface area contributed by atoms with Crippen molar-refractivity contribution in [2.75, 3.05) is 30.4 Å². The number of likely N-dealkylation sites (N-methyl/N-ethyl adjacent to an activating group) is 1. The zero-order valence-electron chi connectivity index (χ0n) is 18.6. The quantitative estimate of drug-likeness (QED) is 0.485. The first-order valence-corrected chi connectivity index (χ1v) is 10.9. The Kier molecular flexibility index (Phi) is 5.24. The largest absolute Gasteiger partial charge is 0.366 e. The zero-order chi connectivity index (χ0) is 23.3. The lowest BCUT2D eigenvalue weighted by Crippen LogP contribution is -2.34. The van der Waals surface area contributed by atoms with Crippen LogP contribution in [0.5, 0.6) is 0 Å². The standard InChI is InChI=1S/C23H25F2N7O/c1-4-32-10-16-20(30-11-18(25)19(12-30)26-3)6-5-15(21(16)29-32)23(33)28-14-7-17(24)22-27-13(2)8-31(22)9-14/h5-10,18-19,26H,4,11-12H2,1-3H3,(H,28,33)/t18-,19-/m1/s1. The summed E-state index contributed by atoms with van der Waals surface area (Å²) in [6.07, 6.45) is 4.21. The Morgan fingerprint density at radius 1 is 1.24 bits per heavy atom. The first-order valence-electron chi connectivity index (χ1n) is 10.9. The SMILES string of the molecule is CCn1cc2c(N3C[C@@H](F)[C@H](NC)C3)ccc(C(=O)Nc3cc(F)c4nc(C)cn4c3)c2n1. The number of aromatic nitrogens is 4. The van der Waals surface area contributed by atoms with E-state index in [-0.39, 0.29) is 18.2 Å². The van der Waals surface area contributed by atoms with Crippen molar-refractivity contribution in [3.63, 3.8) is 0 Å². The highest BCUT2D eigenvalue weighted by molar-refractivity contribution is 6.13. The number of imidazole rings is 1. The summed E-state index contributed by atoms with van der Waals surface area (Å²) in [7, 11) is 1.75. The van der Waals surface area contributed by atoms with Crippen molar-refractivity contribution in [2.24, 2.45) is 0 Å². The van der Waals surface area contributed by atoms with Crippen LogP contribution in [0.2, 0.25) is 0 Å². The number of alkyl halides is 1. The van der Waals surface area contributed by atoms with Gasteiger partial charge in [-0.25, -0.2) is 13.8 Å². The molecule has 1 aliphatic rings. The van der Waals surface area contributed by atoms with Gasteiger partial charge in [0.25, 0.3) is 5.91 Å². The van der Waals surface area contributed by atoms with Crippen LogP contribution in [0.4, 0.5) is 20.2 Å². The first-order chi connectivity index (χ1) is 15.9. The Morgan fingerprint density at radius 2 is 2.06 bits per heavy atom. The van der Waals surface area contributed by atoms with E-state index in [4.69, 9.17) is 0 Å². The van der Waals surface area contributed by atoms with Gasteiger partial charge in [-0.2, -0.15) is 5.10 Å². The molecule has 3 aromatic heterocycles. The Balaban J connectivity index is 1.51. The molecule has 0 radical (unpaired) electrons. The van der Waals surface area contributed by atoms with Gasteiger partial charge in [-0.1, -0.05) is 0 Å². The number of hydrogen-bond donors (Lipinski definition) is 2. The van der Waals surface area contributed by atoms with Gasteiger partial charge >= 0.3 is 0 Å². The topological polar surface area (TPSA) is 79.5 Å². The maximum absolute atomic E-state index is 14.4. The van der Waals surface area contributed by atoms with Crippen LogP contribution in [0.15, 0.2) is 36.8 Å². The molecule has 0 bridgehead atoms. The monoisotopic (exact) mass is 453 g/mol. The van der Waals surface area contributed by atoms with Crippen molar-refractivity contribution < 1.29 is 13.6 Å². The summed E-state index contributed by atoms with van der Waals surface area (Å²) in [6, 6.07) is 4.52. The molecule has 8 nitrogen and oxygen atoms in total. The number of halogens is 2. The van der Waals surface area contributed by atoms with E-state index in [9.17, 15) is 13.6 Å². The summed E-state index contributed by atoms with van der Waals surface area (Å²) >= 11 is 0. The highest BCUT2D eigenvalue weighted by Crippen LogP contribution is 2.32. The third kappa shape index (κ3) is 3.70. The lowest BCUT2D eigenvalue weighted by Gasteiger charge is -2.19.